The fourth-order valence-corrected chi connectivity index (χ4v) is 3.24. The summed E-state index contributed by atoms with van der Waals surface area (Å²) >= 11 is 6.26. The molecule has 0 bridgehead atoms. The van der Waals surface area contributed by atoms with Crippen molar-refractivity contribution in [1.29, 1.82) is 0 Å². The van der Waals surface area contributed by atoms with Gasteiger partial charge in [-0.3, -0.25) is 0 Å². The van der Waals surface area contributed by atoms with E-state index in [0.29, 0.717) is 39.5 Å². The molecule has 0 spiro atoms. The Morgan fingerprint density at radius 2 is 2.04 bits per heavy atom. The van der Waals surface area contributed by atoms with E-state index in [0.717, 1.165) is 25.2 Å². The van der Waals surface area contributed by atoms with Crippen molar-refractivity contribution in [3.05, 3.63) is 40.5 Å². The van der Waals surface area contributed by atoms with Crippen LogP contribution in [0.1, 0.15) is 11.3 Å². The normalized spacial score (nSPS) is 13.3. The molecule has 0 unspecified atom stereocenters. The van der Waals surface area contributed by atoms with Gasteiger partial charge < -0.3 is 19.3 Å². The summed E-state index contributed by atoms with van der Waals surface area (Å²) in [6.45, 7) is 1.72. The maximum Gasteiger partial charge on any atom is 0.276 e. The number of hydrogen-bond acceptors (Lipinski definition) is 7. The standard InChI is InChI=1S/C18H17ClN4O3/c1-24-15-8-11(7-12(19)16(15)25-2)17-22-18(26-23-17)13-4-3-10-5-6-20-9-14(10)21-13/h3-4,7-8,20H,5-6,9H2,1-2H3. The average Bonchev–Trinajstić information content (AvgIpc) is 3.17. The Bertz CT molecular complexity index is 958. The molecule has 0 amide bonds. The second-order valence-electron chi connectivity index (χ2n) is 5.85. The highest BCUT2D eigenvalue weighted by Crippen LogP contribution is 2.38. The van der Waals surface area contributed by atoms with Gasteiger partial charge in [-0.15, -0.1) is 0 Å². The number of hydrogen-bond donors (Lipinski definition) is 1. The van der Waals surface area contributed by atoms with Crippen LogP contribution in [0.4, 0.5) is 0 Å². The lowest BCUT2D eigenvalue weighted by Gasteiger charge is -2.15. The smallest absolute Gasteiger partial charge is 0.276 e. The summed E-state index contributed by atoms with van der Waals surface area (Å²) in [6, 6.07) is 7.43. The van der Waals surface area contributed by atoms with Crippen molar-refractivity contribution in [1.82, 2.24) is 20.4 Å². The number of pyridine rings is 1. The Hall–Kier alpha value is -2.64. The van der Waals surface area contributed by atoms with Crippen LogP contribution < -0.4 is 14.8 Å². The van der Waals surface area contributed by atoms with Crippen LogP contribution in [-0.4, -0.2) is 35.9 Å². The first-order valence-electron chi connectivity index (χ1n) is 8.15. The van der Waals surface area contributed by atoms with Crippen molar-refractivity contribution in [2.45, 2.75) is 13.0 Å². The predicted octanol–water partition coefficient (Wildman–Crippen LogP) is 3.11. The van der Waals surface area contributed by atoms with Gasteiger partial charge in [-0.2, -0.15) is 4.98 Å². The van der Waals surface area contributed by atoms with E-state index in [9.17, 15) is 0 Å². The maximum atomic E-state index is 6.26. The summed E-state index contributed by atoms with van der Waals surface area (Å²) in [5.74, 6) is 1.73. The third-order valence-corrected chi connectivity index (χ3v) is 4.55. The van der Waals surface area contributed by atoms with Gasteiger partial charge in [0.15, 0.2) is 11.5 Å². The first-order chi connectivity index (χ1) is 12.7. The van der Waals surface area contributed by atoms with Crippen LogP contribution in [0.5, 0.6) is 11.5 Å². The molecule has 0 atom stereocenters. The minimum atomic E-state index is 0.360. The van der Waals surface area contributed by atoms with Gasteiger partial charge in [0, 0.05) is 12.1 Å². The molecule has 7 nitrogen and oxygen atoms in total. The molecule has 4 rings (SSSR count). The maximum absolute atomic E-state index is 6.26. The SMILES string of the molecule is COc1cc(-c2noc(-c3ccc4c(n3)CNCC4)n2)cc(Cl)c1OC. The Kier molecular flexibility index (Phi) is 4.48. The Labute approximate surface area is 155 Å². The largest absolute Gasteiger partial charge is 0.493 e. The van der Waals surface area contributed by atoms with E-state index in [1.54, 1.807) is 19.2 Å². The molecule has 2 aromatic heterocycles. The summed E-state index contributed by atoms with van der Waals surface area (Å²) in [5, 5.41) is 7.77. The monoisotopic (exact) mass is 372 g/mol. The first kappa shape index (κ1) is 16.8. The van der Waals surface area contributed by atoms with Crippen LogP contribution in [-0.2, 0) is 13.0 Å². The zero-order chi connectivity index (χ0) is 18.1. The van der Waals surface area contributed by atoms with Gasteiger partial charge in [0.05, 0.1) is 24.9 Å². The van der Waals surface area contributed by atoms with Crippen molar-refractivity contribution >= 4 is 11.6 Å². The molecule has 0 aliphatic carbocycles. The topological polar surface area (TPSA) is 82.3 Å². The highest BCUT2D eigenvalue weighted by atomic mass is 35.5. The molecule has 0 radical (unpaired) electrons. The average molecular weight is 373 g/mol. The zero-order valence-electron chi connectivity index (χ0n) is 14.4. The van der Waals surface area contributed by atoms with Crippen molar-refractivity contribution in [3.63, 3.8) is 0 Å². The molecule has 8 heteroatoms. The van der Waals surface area contributed by atoms with Crippen molar-refractivity contribution in [2.75, 3.05) is 20.8 Å². The van der Waals surface area contributed by atoms with E-state index in [4.69, 9.17) is 25.6 Å². The molecule has 0 saturated carbocycles. The highest BCUT2D eigenvalue weighted by Gasteiger charge is 2.18. The molecule has 0 saturated heterocycles. The quantitative estimate of drug-likeness (QED) is 0.753. The lowest BCUT2D eigenvalue weighted by molar-refractivity contribution is 0.355. The number of aromatic nitrogens is 3. The lowest BCUT2D eigenvalue weighted by atomic mass is 10.1. The van der Waals surface area contributed by atoms with Crippen molar-refractivity contribution in [3.8, 4) is 34.5 Å². The molecule has 1 aliphatic heterocycles. The third kappa shape index (κ3) is 3.00. The van der Waals surface area contributed by atoms with E-state index in [1.165, 1.54) is 12.7 Å². The molecule has 1 aliphatic rings. The summed E-state index contributed by atoms with van der Waals surface area (Å²) < 4.78 is 16.0. The summed E-state index contributed by atoms with van der Waals surface area (Å²) in [7, 11) is 3.08. The van der Waals surface area contributed by atoms with E-state index in [2.05, 4.69) is 26.5 Å². The number of methoxy groups -OCH3 is 2. The molecule has 0 fully saturated rings. The Balaban J connectivity index is 1.69. The molecule has 3 aromatic rings. The van der Waals surface area contributed by atoms with Crippen LogP contribution in [0.3, 0.4) is 0 Å². The second-order valence-corrected chi connectivity index (χ2v) is 6.25. The fraction of sp³-hybridized carbons (Fsp3) is 0.278. The number of benzene rings is 1. The van der Waals surface area contributed by atoms with Crippen LogP contribution in [0.25, 0.3) is 23.0 Å². The molecule has 26 heavy (non-hydrogen) atoms. The Morgan fingerprint density at radius 3 is 2.85 bits per heavy atom. The van der Waals surface area contributed by atoms with Crippen molar-refractivity contribution < 1.29 is 14.0 Å². The predicted molar refractivity (Wildman–Crippen MR) is 96.5 cm³/mol. The van der Waals surface area contributed by atoms with Gasteiger partial charge >= 0.3 is 0 Å². The molecule has 134 valence electrons. The Morgan fingerprint density at radius 1 is 1.15 bits per heavy atom. The van der Waals surface area contributed by atoms with Crippen molar-refractivity contribution in [2.24, 2.45) is 0 Å². The van der Waals surface area contributed by atoms with Gasteiger partial charge in [0.1, 0.15) is 5.69 Å². The summed E-state index contributed by atoms with van der Waals surface area (Å²) in [5.41, 5.74) is 3.58. The van der Waals surface area contributed by atoms with Crippen LogP contribution in [0, 0.1) is 0 Å². The molecule has 3 heterocycles. The van der Waals surface area contributed by atoms with Crippen LogP contribution in [0.15, 0.2) is 28.8 Å². The number of nitrogens with one attached hydrogen (secondary N) is 1. The second kappa shape index (κ2) is 6.93. The molecule has 1 N–H and O–H groups in total. The minimum Gasteiger partial charge on any atom is -0.493 e. The van der Waals surface area contributed by atoms with Crippen LogP contribution >= 0.6 is 11.6 Å². The number of fused-ring (bicyclic) bond motifs is 1. The number of ether oxygens (including phenoxy) is 2. The molecule has 1 aromatic carbocycles. The number of halogens is 1. The summed E-state index contributed by atoms with van der Waals surface area (Å²) in [6.07, 6.45) is 0.974. The van der Waals surface area contributed by atoms with Gasteiger partial charge in [0.25, 0.3) is 5.89 Å². The fourth-order valence-electron chi connectivity index (χ4n) is 2.95. The lowest BCUT2D eigenvalue weighted by Crippen LogP contribution is -2.24. The van der Waals surface area contributed by atoms with Crippen LogP contribution in [0.2, 0.25) is 5.02 Å². The summed E-state index contributed by atoms with van der Waals surface area (Å²) in [4.78, 5) is 9.10. The molecular weight excluding hydrogens is 356 g/mol. The van der Waals surface area contributed by atoms with Gasteiger partial charge in [-0.05, 0) is 36.7 Å². The third-order valence-electron chi connectivity index (χ3n) is 4.27. The highest BCUT2D eigenvalue weighted by molar-refractivity contribution is 6.32. The van der Waals surface area contributed by atoms with E-state index < -0.39 is 0 Å². The first-order valence-corrected chi connectivity index (χ1v) is 8.53. The van der Waals surface area contributed by atoms with Gasteiger partial charge in [-0.1, -0.05) is 22.8 Å². The van der Waals surface area contributed by atoms with Gasteiger partial charge in [-0.25, -0.2) is 4.98 Å². The van der Waals surface area contributed by atoms with Gasteiger partial charge in [0.2, 0.25) is 5.82 Å². The van der Waals surface area contributed by atoms with E-state index in [-0.39, 0.29) is 0 Å². The zero-order valence-corrected chi connectivity index (χ0v) is 15.1. The minimum absolute atomic E-state index is 0.360. The number of rotatable bonds is 4. The molecular formula is C18H17ClN4O3. The van der Waals surface area contributed by atoms with E-state index >= 15 is 0 Å². The van der Waals surface area contributed by atoms with E-state index in [1.807, 2.05) is 6.07 Å². The number of nitrogens with zero attached hydrogens (tertiary/aromatic N) is 3.